The zero-order valence-electron chi connectivity index (χ0n) is 42.0. The Kier molecular flexibility index (Phi) is 49.9. The highest BCUT2D eigenvalue weighted by Crippen LogP contribution is 2.15. The van der Waals surface area contributed by atoms with Gasteiger partial charge in [-0.05, 0) is 89.9 Å². The number of hydrogen-bond donors (Lipinski definition) is 0. The molecular formula is C58H100O6. The first-order valence-corrected chi connectivity index (χ1v) is 26.9. The summed E-state index contributed by atoms with van der Waals surface area (Å²) in [4.78, 5) is 38.0. The Balaban J connectivity index is 4.44. The van der Waals surface area contributed by atoms with Gasteiger partial charge in [0.15, 0.2) is 6.10 Å². The summed E-state index contributed by atoms with van der Waals surface area (Å²) >= 11 is 0. The summed E-state index contributed by atoms with van der Waals surface area (Å²) in [6, 6.07) is 0. The second kappa shape index (κ2) is 52.5. The van der Waals surface area contributed by atoms with E-state index in [0.717, 1.165) is 122 Å². The molecule has 0 radical (unpaired) electrons. The highest BCUT2D eigenvalue weighted by atomic mass is 16.6. The lowest BCUT2D eigenvalue weighted by Crippen LogP contribution is -2.30. The Morgan fingerprint density at radius 1 is 0.328 bits per heavy atom. The number of esters is 3. The van der Waals surface area contributed by atoms with Crippen LogP contribution in [0.1, 0.15) is 258 Å². The average molecular weight is 893 g/mol. The van der Waals surface area contributed by atoms with Crippen LogP contribution >= 0.6 is 0 Å². The summed E-state index contributed by atoms with van der Waals surface area (Å²) in [5.74, 6) is -0.921. The van der Waals surface area contributed by atoms with E-state index in [1.54, 1.807) is 0 Å². The summed E-state index contributed by atoms with van der Waals surface area (Å²) in [6.07, 6.45) is 65.9. The number of rotatable bonds is 48. The predicted molar refractivity (Wildman–Crippen MR) is 274 cm³/mol. The molecular weight excluding hydrogens is 793 g/mol. The van der Waals surface area contributed by atoms with Gasteiger partial charge in [0.05, 0.1) is 0 Å². The van der Waals surface area contributed by atoms with Crippen molar-refractivity contribution in [3.05, 3.63) is 72.9 Å². The van der Waals surface area contributed by atoms with Crippen molar-refractivity contribution < 1.29 is 28.6 Å². The fourth-order valence-electron chi connectivity index (χ4n) is 7.40. The summed E-state index contributed by atoms with van der Waals surface area (Å²) in [7, 11) is 0. The van der Waals surface area contributed by atoms with Crippen LogP contribution in [0.3, 0.4) is 0 Å². The minimum Gasteiger partial charge on any atom is -0.462 e. The van der Waals surface area contributed by atoms with E-state index in [4.69, 9.17) is 14.2 Å². The molecule has 0 rings (SSSR count). The third-order valence-corrected chi connectivity index (χ3v) is 11.4. The Hall–Kier alpha value is -3.15. The second-order valence-corrected chi connectivity index (χ2v) is 17.8. The van der Waals surface area contributed by atoms with Crippen LogP contribution < -0.4 is 0 Å². The zero-order chi connectivity index (χ0) is 46.5. The minimum absolute atomic E-state index is 0.0874. The Bertz CT molecular complexity index is 1210. The van der Waals surface area contributed by atoms with Gasteiger partial charge in [0.1, 0.15) is 13.2 Å². The molecule has 0 fully saturated rings. The third-order valence-electron chi connectivity index (χ3n) is 11.4. The number of carbonyl (C=O) groups excluding carboxylic acids is 3. The second-order valence-electron chi connectivity index (χ2n) is 17.8. The molecule has 1 unspecified atom stereocenters. The van der Waals surface area contributed by atoms with Crippen LogP contribution in [0.5, 0.6) is 0 Å². The van der Waals surface area contributed by atoms with E-state index in [-0.39, 0.29) is 31.1 Å². The summed E-state index contributed by atoms with van der Waals surface area (Å²) in [5, 5.41) is 0. The van der Waals surface area contributed by atoms with Crippen LogP contribution in [0.25, 0.3) is 0 Å². The van der Waals surface area contributed by atoms with E-state index in [9.17, 15) is 14.4 Å². The molecule has 0 amide bonds. The van der Waals surface area contributed by atoms with E-state index < -0.39 is 6.10 Å². The van der Waals surface area contributed by atoms with Gasteiger partial charge in [0.25, 0.3) is 0 Å². The molecule has 0 aromatic carbocycles. The van der Waals surface area contributed by atoms with Gasteiger partial charge in [0.2, 0.25) is 0 Å². The quantitative estimate of drug-likeness (QED) is 0.0262. The Labute approximate surface area is 395 Å². The van der Waals surface area contributed by atoms with Gasteiger partial charge in [-0.15, -0.1) is 0 Å². The van der Waals surface area contributed by atoms with Gasteiger partial charge >= 0.3 is 17.9 Å². The van der Waals surface area contributed by atoms with Gasteiger partial charge in [-0.25, -0.2) is 0 Å². The third kappa shape index (κ3) is 49.9. The van der Waals surface area contributed by atoms with Crippen molar-refractivity contribution in [1.29, 1.82) is 0 Å². The Morgan fingerprint density at radius 3 is 0.984 bits per heavy atom. The highest BCUT2D eigenvalue weighted by molar-refractivity contribution is 5.71. The first-order valence-electron chi connectivity index (χ1n) is 26.9. The molecule has 0 saturated carbocycles. The lowest BCUT2D eigenvalue weighted by molar-refractivity contribution is -0.167. The number of allylic oxidation sites excluding steroid dienone is 12. The van der Waals surface area contributed by atoms with Crippen molar-refractivity contribution in [3.63, 3.8) is 0 Å². The van der Waals surface area contributed by atoms with Gasteiger partial charge in [-0.2, -0.15) is 0 Å². The first-order chi connectivity index (χ1) is 31.5. The van der Waals surface area contributed by atoms with Crippen LogP contribution in [0.4, 0.5) is 0 Å². The van der Waals surface area contributed by atoms with E-state index in [0.29, 0.717) is 19.3 Å². The lowest BCUT2D eigenvalue weighted by Gasteiger charge is -2.18. The molecule has 0 bridgehead atoms. The van der Waals surface area contributed by atoms with Gasteiger partial charge in [-0.1, -0.05) is 222 Å². The van der Waals surface area contributed by atoms with E-state index >= 15 is 0 Å². The number of ether oxygens (including phenoxy) is 3. The standard InChI is InChI=1S/C58H100O6/c1-4-7-10-13-16-19-22-25-28-29-31-33-36-39-42-45-48-51-57(60)63-54-55(53-62-56(59)50-47-44-41-38-35-32-27-24-21-18-15-12-9-6-3)64-58(61)52-49-46-43-40-37-34-30-26-23-20-17-14-11-8-5-2/h7,10,16-17,19-20,25-26,28,30-31,33,55H,4-6,8-9,11-15,18,21-24,27,29,32,34-54H2,1-3H3/b10-7-,19-16-,20-17-,28-25-,30-26-,33-31-. The molecule has 0 N–H and O–H groups in total. The van der Waals surface area contributed by atoms with Crippen molar-refractivity contribution in [2.24, 2.45) is 0 Å². The van der Waals surface area contributed by atoms with Crippen LogP contribution in [0, 0.1) is 0 Å². The molecule has 0 aromatic rings. The van der Waals surface area contributed by atoms with Gasteiger partial charge in [0, 0.05) is 19.3 Å². The first kappa shape index (κ1) is 60.9. The lowest BCUT2D eigenvalue weighted by atomic mass is 10.0. The predicted octanol–water partition coefficient (Wildman–Crippen LogP) is 17.8. The molecule has 0 saturated heterocycles. The topological polar surface area (TPSA) is 78.9 Å². The largest absolute Gasteiger partial charge is 0.462 e. The zero-order valence-corrected chi connectivity index (χ0v) is 42.0. The Morgan fingerprint density at radius 2 is 0.609 bits per heavy atom. The fraction of sp³-hybridized carbons (Fsp3) is 0.741. The molecule has 6 heteroatoms. The van der Waals surface area contributed by atoms with Gasteiger partial charge in [-0.3, -0.25) is 14.4 Å². The number of hydrogen-bond acceptors (Lipinski definition) is 6. The molecule has 1 atom stereocenters. The maximum absolute atomic E-state index is 12.8. The van der Waals surface area contributed by atoms with Crippen LogP contribution in [-0.2, 0) is 28.6 Å². The van der Waals surface area contributed by atoms with E-state index in [2.05, 4.69) is 93.7 Å². The molecule has 0 aliphatic rings. The SMILES string of the molecule is CC/C=C\C/C=C\C/C=C\C/C=C\CCCCCCC(=O)OCC(COC(=O)CCCCCCCCCCCCCCCC)OC(=O)CCCCCCC/C=C\C/C=C\CCCCC. The average Bonchev–Trinajstić information content (AvgIpc) is 3.29. The molecule has 0 heterocycles. The maximum atomic E-state index is 12.8. The van der Waals surface area contributed by atoms with Crippen LogP contribution in [0.2, 0.25) is 0 Å². The monoisotopic (exact) mass is 893 g/mol. The van der Waals surface area contributed by atoms with Crippen molar-refractivity contribution >= 4 is 17.9 Å². The number of carbonyl (C=O) groups is 3. The molecule has 0 spiro atoms. The molecule has 64 heavy (non-hydrogen) atoms. The van der Waals surface area contributed by atoms with Crippen molar-refractivity contribution in [2.75, 3.05) is 13.2 Å². The summed E-state index contributed by atoms with van der Waals surface area (Å²) < 4.78 is 16.8. The molecule has 0 aliphatic heterocycles. The van der Waals surface area contributed by atoms with E-state index in [1.165, 1.54) is 96.3 Å². The van der Waals surface area contributed by atoms with Crippen molar-refractivity contribution in [3.8, 4) is 0 Å². The number of unbranched alkanes of at least 4 members (excludes halogenated alkanes) is 25. The minimum atomic E-state index is -0.791. The van der Waals surface area contributed by atoms with Gasteiger partial charge < -0.3 is 14.2 Å². The van der Waals surface area contributed by atoms with E-state index in [1.807, 2.05) is 0 Å². The molecule has 0 aromatic heterocycles. The highest BCUT2D eigenvalue weighted by Gasteiger charge is 2.19. The fourth-order valence-corrected chi connectivity index (χ4v) is 7.40. The molecule has 368 valence electrons. The van der Waals surface area contributed by atoms with Crippen LogP contribution in [0.15, 0.2) is 72.9 Å². The summed E-state index contributed by atoms with van der Waals surface area (Å²) in [6.45, 7) is 6.48. The van der Waals surface area contributed by atoms with Crippen LogP contribution in [-0.4, -0.2) is 37.2 Å². The molecule has 6 nitrogen and oxygen atoms in total. The van der Waals surface area contributed by atoms with Crippen molar-refractivity contribution in [2.45, 2.75) is 264 Å². The van der Waals surface area contributed by atoms with Crippen molar-refractivity contribution in [1.82, 2.24) is 0 Å². The summed E-state index contributed by atoms with van der Waals surface area (Å²) in [5.41, 5.74) is 0. The normalized spacial score (nSPS) is 12.6. The maximum Gasteiger partial charge on any atom is 0.306 e. The molecule has 0 aliphatic carbocycles. The smallest absolute Gasteiger partial charge is 0.306 e.